The van der Waals surface area contributed by atoms with Gasteiger partial charge in [-0.15, -0.1) is 0 Å². The summed E-state index contributed by atoms with van der Waals surface area (Å²) in [6.45, 7) is 4.24. The second kappa shape index (κ2) is 9.65. The van der Waals surface area contributed by atoms with Crippen molar-refractivity contribution in [2.75, 3.05) is 0 Å². The molecular formula is C24H31N3. The Balaban J connectivity index is 1.50. The summed E-state index contributed by atoms with van der Waals surface area (Å²) in [6.07, 6.45) is 16.1. The molecule has 1 aliphatic carbocycles. The van der Waals surface area contributed by atoms with Gasteiger partial charge in [-0.2, -0.15) is 5.26 Å². The molecule has 0 bridgehead atoms. The van der Waals surface area contributed by atoms with E-state index in [0.717, 1.165) is 35.2 Å². The number of aromatic nitrogens is 2. The van der Waals surface area contributed by atoms with Crippen LogP contribution in [-0.2, 0) is 6.42 Å². The molecule has 3 heteroatoms. The van der Waals surface area contributed by atoms with Crippen molar-refractivity contribution in [3.05, 3.63) is 47.3 Å². The third-order valence-corrected chi connectivity index (χ3v) is 6.08. The first-order chi connectivity index (χ1) is 13.2. The van der Waals surface area contributed by atoms with Gasteiger partial charge in [-0.3, -0.25) is 0 Å². The average Bonchev–Trinajstić information content (AvgIpc) is 2.72. The fourth-order valence-electron chi connectivity index (χ4n) is 4.23. The van der Waals surface area contributed by atoms with E-state index in [0.29, 0.717) is 5.56 Å². The molecule has 0 radical (unpaired) electrons. The lowest BCUT2D eigenvalue weighted by molar-refractivity contribution is 0.250. The van der Waals surface area contributed by atoms with Crippen LogP contribution < -0.4 is 0 Å². The predicted octanol–water partition coefficient (Wildman–Crippen LogP) is 6.25. The summed E-state index contributed by atoms with van der Waals surface area (Å²) in [7, 11) is 0. The fourth-order valence-corrected chi connectivity index (χ4v) is 4.23. The summed E-state index contributed by atoms with van der Waals surface area (Å²) >= 11 is 0. The van der Waals surface area contributed by atoms with Crippen molar-refractivity contribution in [1.29, 1.82) is 5.26 Å². The second-order valence-corrected chi connectivity index (χ2v) is 8.12. The molecule has 0 atom stereocenters. The maximum absolute atomic E-state index is 9.05. The molecule has 2 aromatic rings. The molecule has 1 saturated carbocycles. The lowest BCUT2D eigenvalue weighted by atomic mass is 9.78. The molecule has 3 nitrogen and oxygen atoms in total. The SMILES string of the molecule is CCCC[C@H]1CC[C@H](CCc2cnc(-c3ccc(C#N)c(C)c3)nc2)CC1. The first-order valence-electron chi connectivity index (χ1n) is 10.5. The maximum atomic E-state index is 9.05. The fraction of sp³-hybridized carbons (Fsp3) is 0.542. The van der Waals surface area contributed by atoms with Crippen molar-refractivity contribution >= 4 is 0 Å². The molecule has 142 valence electrons. The Morgan fingerprint density at radius 2 is 1.70 bits per heavy atom. The number of nitriles is 1. The Kier molecular flexibility index (Phi) is 6.98. The van der Waals surface area contributed by atoms with Gasteiger partial charge in [0.05, 0.1) is 11.6 Å². The Morgan fingerprint density at radius 1 is 1.04 bits per heavy atom. The van der Waals surface area contributed by atoms with E-state index in [-0.39, 0.29) is 0 Å². The van der Waals surface area contributed by atoms with Crippen LogP contribution in [0.5, 0.6) is 0 Å². The summed E-state index contributed by atoms with van der Waals surface area (Å²) in [6, 6.07) is 7.97. The highest BCUT2D eigenvalue weighted by molar-refractivity contribution is 5.58. The zero-order valence-electron chi connectivity index (χ0n) is 16.7. The number of aryl methyl sites for hydroxylation is 2. The van der Waals surface area contributed by atoms with Crippen molar-refractivity contribution in [3.8, 4) is 17.5 Å². The van der Waals surface area contributed by atoms with Crippen molar-refractivity contribution in [1.82, 2.24) is 9.97 Å². The van der Waals surface area contributed by atoms with E-state index in [9.17, 15) is 0 Å². The smallest absolute Gasteiger partial charge is 0.159 e. The molecule has 27 heavy (non-hydrogen) atoms. The molecule has 0 saturated heterocycles. The summed E-state index contributed by atoms with van der Waals surface area (Å²) in [5, 5.41) is 9.05. The van der Waals surface area contributed by atoms with Gasteiger partial charge >= 0.3 is 0 Å². The molecule has 0 N–H and O–H groups in total. The van der Waals surface area contributed by atoms with Gasteiger partial charge in [0.15, 0.2) is 5.82 Å². The van der Waals surface area contributed by atoms with Crippen LogP contribution >= 0.6 is 0 Å². The molecule has 3 rings (SSSR count). The zero-order chi connectivity index (χ0) is 19.1. The van der Waals surface area contributed by atoms with E-state index in [1.165, 1.54) is 56.9 Å². The third kappa shape index (κ3) is 5.39. The third-order valence-electron chi connectivity index (χ3n) is 6.08. The van der Waals surface area contributed by atoms with Crippen molar-refractivity contribution in [2.24, 2.45) is 11.8 Å². The first kappa shape index (κ1) is 19.5. The van der Waals surface area contributed by atoms with E-state index in [1.807, 2.05) is 37.5 Å². The Morgan fingerprint density at radius 3 is 2.30 bits per heavy atom. The highest BCUT2D eigenvalue weighted by Crippen LogP contribution is 2.34. The summed E-state index contributed by atoms with van der Waals surface area (Å²) in [4.78, 5) is 9.12. The highest BCUT2D eigenvalue weighted by Gasteiger charge is 2.20. The van der Waals surface area contributed by atoms with Gasteiger partial charge in [0.25, 0.3) is 0 Å². The van der Waals surface area contributed by atoms with Gasteiger partial charge < -0.3 is 0 Å². The standard InChI is InChI=1S/C24H31N3/c1-3-4-5-19-6-8-20(9-7-19)10-11-21-16-26-24(27-17-21)22-12-13-23(15-25)18(2)14-22/h12-14,16-17,19-20H,3-11H2,1-2H3/t19-,20-. The highest BCUT2D eigenvalue weighted by atomic mass is 14.9. The number of benzene rings is 1. The van der Waals surface area contributed by atoms with Crippen LogP contribution in [0.25, 0.3) is 11.4 Å². The largest absolute Gasteiger partial charge is 0.236 e. The first-order valence-corrected chi connectivity index (χ1v) is 10.5. The molecule has 1 fully saturated rings. The number of unbranched alkanes of at least 4 members (excludes halogenated alkanes) is 1. The van der Waals surface area contributed by atoms with Crippen molar-refractivity contribution in [3.63, 3.8) is 0 Å². The Bertz CT molecular complexity index is 765. The van der Waals surface area contributed by atoms with Crippen LogP contribution in [0.2, 0.25) is 0 Å². The molecule has 0 spiro atoms. The van der Waals surface area contributed by atoms with Crippen LogP contribution in [-0.4, -0.2) is 9.97 Å². The molecule has 1 aliphatic rings. The van der Waals surface area contributed by atoms with E-state index in [4.69, 9.17) is 5.26 Å². The minimum Gasteiger partial charge on any atom is -0.236 e. The van der Waals surface area contributed by atoms with Gasteiger partial charge in [-0.25, -0.2) is 9.97 Å². The Labute approximate surface area is 163 Å². The lowest BCUT2D eigenvalue weighted by Crippen LogP contribution is -2.15. The molecule has 1 aromatic heterocycles. The van der Waals surface area contributed by atoms with Crippen molar-refractivity contribution < 1.29 is 0 Å². The van der Waals surface area contributed by atoms with Crippen LogP contribution in [0.3, 0.4) is 0 Å². The summed E-state index contributed by atoms with van der Waals surface area (Å²) < 4.78 is 0. The second-order valence-electron chi connectivity index (χ2n) is 8.12. The van der Waals surface area contributed by atoms with Gasteiger partial charge in [0.1, 0.15) is 0 Å². The summed E-state index contributed by atoms with van der Waals surface area (Å²) in [5.74, 6) is 2.60. The number of rotatable bonds is 7. The van der Waals surface area contributed by atoms with Crippen LogP contribution in [0.15, 0.2) is 30.6 Å². The van der Waals surface area contributed by atoms with E-state index < -0.39 is 0 Å². The van der Waals surface area contributed by atoms with Crippen LogP contribution in [0, 0.1) is 30.1 Å². The van der Waals surface area contributed by atoms with Gasteiger partial charge in [0.2, 0.25) is 0 Å². The molecule has 0 unspecified atom stereocenters. The molecule has 0 amide bonds. The minimum atomic E-state index is 0.708. The molecule has 1 aromatic carbocycles. The topological polar surface area (TPSA) is 49.6 Å². The maximum Gasteiger partial charge on any atom is 0.159 e. The van der Waals surface area contributed by atoms with E-state index >= 15 is 0 Å². The summed E-state index contributed by atoms with van der Waals surface area (Å²) in [5.41, 5.74) is 3.89. The van der Waals surface area contributed by atoms with Gasteiger partial charge in [0, 0.05) is 18.0 Å². The quantitative estimate of drug-likeness (QED) is 0.585. The van der Waals surface area contributed by atoms with Gasteiger partial charge in [-0.1, -0.05) is 51.9 Å². The molecule has 1 heterocycles. The van der Waals surface area contributed by atoms with E-state index in [2.05, 4.69) is 23.0 Å². The monoisotopic (exact) mass is 361 g/mol. The Hall–Kier alpha value is -2.21. The van der Waals surface area contributed by atoms with Crippen LogP contribution in [0.4, 0.5) is 0 Å². The number of hydrogen-bond donors (Lipinski definition) is 0. The predicted molar refractivity (Wildman–Crippen MR) is 110 cm³/mol. The van der Waals surface area contributed by atoms with E-state index in [1.54, 1.807) is 0 Å². The van der Waals surface area contributed by atoms with Crippen molar-refractivity contribution in [2.45, 2.75) is 71.6 Å². The number of hydrogen-bond acceptors (Lipinski definition) is 3. The normalized spacial score (nSPS) is 19.6. The van der Waals surface area contributed by atoms with Crippen LogP contribution in [0.1, 0.15) is 75.0 Å². The van der Waals surface area contributed by atoms with Gasteiger partial charge in [-0.05, 0) is 60.9 Å². The minimum absolute atomic E-state index is 0.708. The number of nitrogens with zero attached hydrogens (tertiary/aromatic N) is 3. The zero-order valence-corrected chi connectivity index (χ0v) is 16.7. The molecule has 0 aliphatic heterocycles. The molecular weight excluding hydrogens is 330 g/mol. The lowest BCUT2D eigenvalue weighted by Gasteiger charge is -2.28. The average molecular weight is 362 g/mol.